The van der Waals surface area contributed by atoms with Crippen LogP contribution in [-0.4, -0.2) is 53.3 Å². The molecule has 0 bridgehead atoms. The van der Waals surface area contributed by atoms with Gasteiger partial charge in [-0.25, -0.2) is 4.79 Å². The zero-order valence-electron chi connectivity index (χ0n) is 17.1. The normalized spacial score (nSPS) is 19.5. The molecule has 2 fully saturated rings. The van der Waals surface area contributed by atoms with Gasteiger partial charge in [-0.05, 0) is 49.7 Å². The summed E-state index contributed by atoms with van der Waals surface area (Å²) in [6.07, 6.45) is 1.33. The number of amides is 1. The number of nitrogens with one attached hydrogen (secondary N) is 1. The third kappa shape index (κ3) is 4.51. The van der Waals surface area contributed by atoms with E-state index < -0.39 is 0 Å². The lowest BCUT2D eigenvalue weighted by Crippen LogP contribution is -2.48. The van der Waals surface area contributed by atoms with E-state index in [1.54, 1.807) is 0 Å². The first-order chi connectivity index (χ1) is 14.7. The van der Waals surface area contributed by atoms with Crippen molar-refractivity contribution in [2.45, 2.75) is 31.9 Å². The summed E-state index contributed by atoms with van der Waals surface area (Å²) in [6, 6.07) is 17.9. The summed E-state index contributed by atoms with van der Waals surface area (Å²) in [4.78, 5) is 16.5. The van der Waals surface area contributed by atoms with Crippen LogP contribution in [0.1, 0.15) is 31.4 Å². The van der Waals surface area contributed by atoms with Gasteiger partial charge in [0.05, 0.1) is 18.8 Å². The van der Waals surface area contributed by atoms with Gasteiger partial charge < -0.3 is 24.6 Å². The van der Waals surface area contributed by atoms with E-state index in [0.717, 1.165) is 42.9 Å². The molecule has 1 unspecified atom stereocenters. The van der Waals surface area contributed by atoms with Crippen molar-refractivity contribution in [2.75, 3.05) is 31.6 Å². The molecule has 1 amide bonds. The molecule has 158 valence electrons. The van der Waals surface area contributed by atoms with Crippen LogP contribution in [-0.2, 0) is 4.74 Å². The average molecular weight is 426 g/mol. The number of cyclic esters (lactones) is 1. The van der Waals surface area contributed by atoms with Crippen LogP contribution >= 0.6 is 12.2 Å². The van der Waals surface area contributed by atoms with E-state index in [1.165, 1.54) is 0 Å². The molecular formula is C23H27N3O3S. The van der Waals surface area contributed by atoms with Crippen molar-refractivity contribution in [2.24, 2.45) is 0 Å². The molecule has 7 heteroatoms. The zero-order chi connectivity index (χ0) is 20.9. The highest BCUT2D eigenvalue weighted by Gasteiger charge is 2.38. The molecule has 0 aromatic heterocycles. The molecule has 2 aromatic carbocycles. The minimum atomic E-state index is -0.214. The monoisotopic (exact) mass is 425 g/mol. The van der Waals surface area contributed by atoms with Crippen LogP contribution in [0.5, 0.6) is 5.75 Å². The number of nitrogens with zero attached hydrogens (tertiary/aromatic N) is 2. The van der Waals surface area contributed by atoms with Crippen LogP contribution in [0.4, 0.5) is 10.5 Å². The largest absolute Gasteiger partial charge is 0.492 e. The van der Waals surface area contributed by atoms with E-state index in [-0.39, 0.29) is 18.2 Å². The summed E-state index contributed by atoms with van der Waals surface area (Å²) in [5, 5.41) is 4.00. The molecule has 6 nitrogen and oxygen atoms in total. The molecule has 2 aromatic rings. The van der Waals surface area contributed by atoms with Crippen molar-refractivity contribution in [3.63, 3.8) is 0 Å². The minimum Gasteiger partial charge on any atom is -0.492 e. The lowest BCUT2D eigenvalue weighted by atomic mass is 10.0. The Labute approximate surface area is 182 Å². The number of para-hydroxylation sites is 2. The van der Waals surface area contributed by atoms with Crippen molar-refractivity contribution in [1.29, 1.82) is 0 Å². The Hall–Kier alpha value is -2.80. The van der Waals surface area contributed by atoms with Crippen LogP contribution in [0, 0.1) is 0 Å². The van der Waals surface area contributed by atoms with Crippen molar-refractivity contribution >= 4 is 29.1 Å². The fourth-order valence-corrected chi connectivity index (χ4v) is 4.34. The molecule has 2 heterocycles. The Bertz CT molecular complexity index is 884. The summed E-state index contributed by atoms with van der Waals surface area (Å²) in [6.45, 7) is 4.77. The Morgan fingerprint density at radius 2 is 1.83 bits per heavy atom. The summed E-state index contributed by atoms with van der Waals surface area (Å²) in [5.74, 6) is 0.795. The Balaban J connectivity index is 1.32. The molecule has 1 atom stereocenters. The molecule has 2 aliphatic rings. The smallest absolute Gasteiger partial charge is 0.410 e. The SMILES string of the molecule is CCOc1ccccc1NC(=S)N1CCC(N2CC(c3ccccc3)OC2=O)CC1. The third-order valence-electron chi connectivity index (χ3n) is 5.63. The molecular weight excluding hydrogens is 398 g/mol. The van der Waals surface area contributed by atoms with Crippen molar-refractivity contribution in [3.8, 4) is 5.75 Å². The molecule has 0 saturated carbocycles. The fourth-order valence-electron chi connectivity index (χ4n) is 4.05. The summed E-state index contributed by atoms with van der Waals surface area (Å²) in [7, 11) is 0. The van der Waals surface area contributed by atoms with Gasteiger partial charge in [0.1, 0.15) is 11.9 Å². The first-order valence-corrected chi connectivity index (χ1v) is 10.9. The fraction of sp³-hybridized carbons (Fsp3) is 0.391. The van der Waals surface area contributed by atoms with Crippen molar-refractivity contribution < 1.29 is 14.3 Å². The first-order valence-electron chi connectivity index (χ1n) is 10.5. The number of benzene rings is 2. The van der Waals surface area contributed by atoms with Gasteiger partial charge in [-0.15, -0.1) is 0 Å². The van der Waals surface area contributed by atoms with Gasteiger partial charge in [0.25, 0.3) is 0 Å². The molecule has 2 saturated heterocycles. The van der Waals surface area contributed by atoms with E-state index >= 15 is 0 Å². The molecule has 0 aliphatic carbocycles. The number of anilines is 1. The standard InChI is InChI=1S/C23H27N3O3S/c1-2-28-20-11-7-6-10-19(20)24-22(30)25-14-12-18(13-15-25)26-16-21(29-23(26)27)17-8-4-3-5-9-17/h3-11,18,21H,2,12-16H2,1H3,(H,24,30). The number of thiocarbonyl (C=S) groups is 1. The van der Waals surface area contributed by atoms with Crippen molar-refractivity contribution in [1.82, 2.24) is 9.80 Å². The van der Waals surface area contributed by atoms with E-state index in [2.05, 4.69) is 10.2 Å². The molecule has 0 radical (unpaired) electrons. The summed E-state index contributed by atoms with van der Waals surface area (Å²) in [5.41, 5.74) is 1.92. The van der Waals surface area contributed by atoms with E-state index in [9.17, 15) is 4.79 Å². The Morgan fingerprint density at radius 1 is 1.13 bits per heavy atom. The number of carbonyl (C=O) groups is 1. The van der Waals surface area contributed by atoms with Crippen molar-refractivity contribution in [3.05, 3.63) is 60.2 Å². The quantitative estimate of drug-likeness (QED) is 0.715. The Kier molecular flexibility index (Phi) is 6.38. The number of likely N-dealkylation sites (tertiary alicyclic amines) is 1. The lowest BCUT2D eigenvalue weighted by Gasteiger charge is -2.37. The van der Waals surface area contributed by atoms with Crippen LogP contribution < -0.4 is 10.1 Å². The summed E-state index contributed by atoms with van der Waals surface area (Å²) < 4.78 is 11.3. The van der Waals surface area contributed by atoms with Crippen LogP contribution in [0.25, 0.3) is 0 Å². The minimum absolute atomic E-state index is 0.181. The molecule has 1 N–H and O–H groups in total. The second-order valence-electron chi connectivity index (χ2n) is 7.51. The van der Waals surface area contributed by atoms with Gasteiger partial charge in [0, 0.05) is 19.1 Å². The maximum absolute atomic E-state index is 12.5. The maximum Gasteiger partial charge on any atom is 0.410 e. The molecule has 30 heavy (non-hydrogen) atoms. The highest BCUT2D eigenvalue weighted by molar-refractivity contribution is 7.80. The Morgan fingerprint density at radius 3 is 2.57 bits per heavy atom. The highest BCUT2D eigenvalue weighted by Crippen LogP contribution is 2.30. The van der Waals surface area contributed by atoms with Gasteiger partial charge in [-0.1, -0.05) is 42.5 Å². The van der Waals surface area contributed by atoms with E-state index in [4.69, 9.17) is 21.7 Å². The van der Waals surface area contributed by atoms with Crippen LogP contribution in [0.15, 0.2) is 54.6 Å². The first kappa shape index (κ1) is 20.5. The summed E-state index contributed by atoms with van der Waals surface area (Å²) >= 11 is 5.63. The van der Waals surface area contributed by atoms with Gasteiger partial charge in [-0.2, -0.15) is 0 Å². The number of rotatable bonds is 5. The number of hydrogen-bond donors (Lipinski definition) is 1. The predicted octanol–water partition coefficient (Wildman–Crippen LogP) is 4.44. The second kappa shape index (κ2) is 9.34. The topological polar surface area (TPSA) is 54.0 Å². The van der Waals surface area contributed by atoms with E-state index in [0.29, 0.717) is 18.3 Å². The number of ether oxygens (including phenoxy) is 2. The zero-order valence-corrected chi connectivity index (χ0v) is 17.9. The van der Waals surface area contributed by atoms with Gasteiger partial charge >= 0.3 is 6.09 Å². The van der Waals surface area contributed by atoms with Gasteiger partial charge in [0.15, 0.2) is 5.11 Å². The maximum atomic E-state index is 12.5. The van der Waals surface area contributed by atoms with Gasteiger partial charge in [0.2, 0.25) is 0 Å². The molecule has 2 aliphatic heterocycles. The number of hydrogen-bond acceptors (Lipinski definition) is 4. The van der Waals surface area contributed by atoms with Crippen LogP contribution in [0.2, 0.25) is 0 Å². The number of piperidine rings is 1. The van der Waals surface area contributed by atoms with Gasteiger partial charge in [-0.3, -0.25) is 0 Å². The third-order valence-corrected chi connectivity index (χ3v) is 5.99. The molecule has 4 rings (SSSR count). The van der Waals surface area contributed by atoms with Crippen LogP contribution in [0.3, 0.4) is 0 Å². The average Bonchev–Trinajstić information content (AvgIpc) is 3.17. The second-order valence-corrected chi connectivity index (χ2v) is 7.90. The lowest BCUT2D eigenvalue weighted by molar-refractivity contribution is 0.120. The predicted molar refractivity (Wildman–Crippen MR) is 121 cm³/mol. The molecule has 0 spiro atoms. The number of carbonyl (C=O) groups excluding carboxylic acids is 1. The highest BCUT2D eigenvalue weighted by atomic mass is 32.1. The van der Waals surface area contributed by atoms with E-state index in [1.807, 2.05) is 66.4 Å².